The van der Waals surface area contributed by atoms with Crippen molar-refractivity contribution in [2.24, 2.45) is 5.92 Å². The highest BCUT2D eigenvalue weighted by atomic mass is 16.2. The van der Waals surface area contributed by atoms with E-state index in [1.807, 2.05) is 0 Å². The first kappa shape index (κ1) is 14.8. The van der Waals surface area contributed by atoms with Crippen molar-refractivity contribution in [2.75, 3.05) is 40.3 Å². The molecule has 2 aliphatic rings. The highest BCUT2D eigenvalue weighted by molar-refractivity contribution is 5.76. The molecule has 2 saturated heterocycles. The molecule has 4 nitrogen and oxygen atoms in total. The Hall–Kier alpha value is -0.610. The Bertz CT molecular complexity index is 287. The fraction of sp³-hybridized carbons (Fsp3) is 0.933. The van der Waals surface area contributed by atoms with Gasteiger partial charge in [-0.2, -0.15) is 0 Å². The van der Waals surface area contributed by atoms with Crippen LogP contribution in [-0.2, 0) is 4.79 Å². The molecule has 4 heteroatoms. The van der Waals surface area contributed by atoms with Gasteiger partial charge in [0, 0.05) is 25.6 Å². The topological polar surface area (TPSA) is 35.6 Å². The molecule has 110 valence electrons. The van der Waals surface area contributed by atoms with E-state index >= 15 is 0 Å². The number of hydrogen-bond acceptors (Lipinski definition) is 3. The molecule has 2 aliphatic heterocycles. The third kappa shape index (κ3) is 4.46. The Morgan fingerprint density at radius 2 is 2.16 bits per heavy atom. The third-order valence-corrected chi connectivity index (χ3v) is 4.64. The van der Waals surface area contributed by atoms with E-state index in [4.69, 9.17) is 0 Å². The summed E-state index contributed by atoms with van der Waals surface area (Å²) < 4.78 is 0. The molecule has 0 radical (unpaired) electrons. The van der Waals surface area contributed by atoms with Gasteiger partial charge in [-0.25, -0.2) is 0 Å². The van der Waals surface area contributed by atoms with Gasteiger partial charge >= 0.3 is 0 Å². The Labute approximate surface area is 117 Å². The molecule has 19 heavy (non-hydrogen) atoms. The van der Waals surface area contributed by atoms with Gasteiger partial charge in [-0.3, -0.25) is 4.79 Å². The monoisotopic (exact) mass is 267 g/mol. The standard InChI is InChI=1S/C15H29N3O/c1-17(2)14-6-4-10-18(12-14)15(19)8-7-13-5-3-9-16-11-13/h13-14,16H,3-12H2,1-2H3. The first-order valence-electron chi connectivity index (χ1n) is 7.81. The van der Waals surface area contributed by atoms with Crippen molar-refractivity contribution in [3.8, 4) is 0 Å². The summed E-state index contributed by atoms with van der Waals surface area (Å²) in [4.78, 5) is 16.6. The van der Waals surface area contributed by atoms with Crippen molar-refractivity contribution in [1.82, 2.24) is 15.1 Å². The van der Waals surface area contributed by atoms with Crippen LogP contribution >= 0.6 is 0 Å². The van der Waals surface area contributed by atoms with Crippen LogP contribution in [0, 0.1) is 5.92 Å². The van der Waals surface area contributed by atoms with E-state index in [-0.39, 0.29) is 0 Å². The van der Waals surface area contributed by atoms with Crippen LogP contribution in [0.4, 0.5) is 0 Å². The summed E-state index contributed by atoms with van der Waals surface area (Å²) >= 11 is 0. The number of rotatable bonds is 4. The van der Waals surface area contributed by atoms with Gasteiger partial charge in [-0.05, 0) is 65.2 Å². The lowest BCUT2D eigenvalue weighted by molar-refractivity contribution is -0.133. The molecule has 1 N–H and O–H groups in total. The Balaban J connectivity index is 1.72. The average molecular weight is 267 g/mol. The maximum Gasteiger partial charge on any atom is 0.222 e. The molecule has 2 rings (SSSR count). The van der Waals surface area contributed by atoms with Gasteiger partial charge in [0.25, 0.3) is 0 Å². The van der Waals surface area contributed by atoms with Gasteiger partial charge in [-0.1, -0.05) is 0 Å². The molecule has 2 fully saturated rings. The second-order valence-electron chi connectivity index (χ2n) is 6.35. The van der Waals surface area contributed by atoms with Gasteiger partial charge in [0.05, 0.1) is 0 Å². The number of nitrogens with zero attached hydrogens (tertiary/aromatic N) is 2. The minimum absolute atomic E-state index is 0.372. The van der Waals surface area contributed by atoms with E-state index in [2.05, 4.69) is 29.2 Å². The lowest BCUT2D eigenvalue weighted by Gasteiger charge is -2.36. The number of carbonyl (C=O) groups excluding carboxylic acids is 1. The highest BCUT2D eigenvalue weighted by Gasteiger charge is 2.25. The quantitative estimate of drug-likeness (QED) is 0.834. The van der Waals surface area contributed by atoms with Crippen LogP contribution in [0.5, 0.6) is 0 Å². The summed E-state index contributed by atoms with van der Waals surface area (Å²) in [5, 5.41) is 3.43. The Kier molecular flexibility index (Phi) is 5.64. The van der Waals surface area contributed by atoms with Gasteiger partial charge in [0.15, 0.2) is 0 Å². The number of nitrogens with one attached hydrogen (secondary N) is 1. The Morgan fingerprint density at radius 1 is 1.32 bits per heavy atom. The van der Waals surface area contributed by atoms with Crippen LogP contribution in [0.3, 0.4) is 0 Å². The fourth-order valence-electron chi connectivity index (χ4n) is 3.26. The van der Waals surface area contributed by atoms with Crippen LogP contribution in [0.25, 0.3) is 0 Å². The molecule has 1 amide bonds. The largest absolute Gasteiger partial charge is 0.341 e. The van der Waals surface area contributed by atoms with Gasteiger partial charge < -0.3 is 15.1 Å². The fourth-order valence-corrected chi connectivity index (χ4v) is 3.26. The maximum absolute atomic E-state index is 12.3. The number of carbonyl (C=O) groups is 1. The predicted octanol–water partition coefficient (Wildman–Crippen LogP) is 1.32. The van der Waals surface area contributed by atoms with Crippen molar-refractivity contribution >= 4 is 5.91 Å². The Morgan fingerprint density at radius 3 is 2.84 bits per heavy atom. The maximum atomic E-state index is 12.3. The third-order valence-electron chi connectivity index (χ3n) is 4.64. The molecule has 0 spiro atoms. The van der Waals surface area contributed by atoms with E-state index in [0.29, 0.717) is 17.9 Å². The zero-order chi connectivity index (χ0) is 13.7. The van der Waals surface area contributed by atoms with Gasteiger partial charge in [0.1, 0.15) is 0 Å². The minimum Gasteiger partial charge on any atom is -0.341 e. The van der Waals surface area contributed by atoms with Crippen molar-refractivity contribution in [1.29, 1.82) is 0 Å². The molecule has 0 aromatic heterocycles. The summed E-state index contributed by atoms with van der Waals surface area (Å²) in [7, 11) is 4.23. The molecular weight excluding hydrogens is 238 g/mol. The molecule has 2 heterocycles. The van der Waals surface area contributed by atoms with E-state index in [0.717, 1.165) is 45.4 Å². The van der Waals surface area contributed by atoms with Crippen LogP contribution < -0.4 is 5.32 Å². The number of hydrogen-bond donors (Lipinski definition) is 1. The smallest absolute Gasteiger partial charge is 0.222 e. The number of likely N-dealkylation sites (tertiary alicyclic amines) is 1. The zero-order valence-corrected chi connectivity index (χ0v) is 12.5. The second kappa shape index (κ2) is 7.25. The van der Waals surface area contributed by atoms with E-state index in [9.17, 15) is 4.79 Å². The highest BCUT2D eigenvalue weighted by Crippen LogP contribution is 2.19. The summed E-state index contributed by atoms with van der Waals surface area (Å²) in [5.74, 6) is 1.09. The summed E-state index contributed by atoms with van der Waals surface area (Å²) in [6.45, 7) is 4.15. The molecule has 2 unspecified atom stereocenters. The molecule has 0 bridgehead atoms. The van der Waals surface area contributed by atoms with Crippen molar-refractivity contribution < 1.29 is 4.79 Å². The molecule has 2 atom stereocenters. The average Bonchev–Trinajstić information content (AvgIpc) is 2.46. The molecule has 0 aromatic rings. The van der Waals surface area contributed by atoms with Crippen LogP contribution in [-0.4, -0.2) is 62.0 Å². The van der Waals surface area contributed by atoms with Crippen LogP contribution in [0.2, 0.25) is 0 Å². The normalized spacial score (nSPS) is 28.7. The van der Waals surface area contributed by atoms with Crippen molar-refractivity contribution in [3.05, 3.63) is 0 Å². The number of piperidine rings is 2. The predicted molar refractivity (Wildman–Crippen MR) is 78.1 cm³/mol. The lowest BCUT2D eigenvalue weighted by Crippen LogP contribution is -2.47. The second-order valence-corrected chi connectivity index (χ2v) is 6.35. The number of amides is 1. The van der Waals surface area contributed by atoms with Crippen molar-refractivity contribution in [2.45, 2.75) is 44.6 Å². The summed E-state index contributed by atoms with van der Waals surface area (Å²) in [6.07, 6.45) is 6.75. The van der Waals surface area contributed by atoms with Gasteiger partial charge in [-0.15, -0.1) is 0 Å². The molecular formula is C15H29N3O. The lowest BCUT2D eigenvalue weighted by atomic mass is 9.94. The number of likely N-dealkylation sites (N-methyl/N-ethyl adjacent to an activating group) is 1. The minimum atomic E-state index is 0.372. The van der Waals surface area contributed by atoms with E-state index in [1.54, 1.807) is 0 Å². The molecule has 0 aliphatic carbocycles. The zero-order valence-electron chi connectivity index (χ0n) is 12.5. The summed E-state index contributed by atoms with van der Waals surface area (Å²) in [5.41, 5.74) is 0. The van der Waals surface area contributed by atoms with E-state index in [1.165, 1.54) is 19.3 Å². The first-order valence-corrected chi connectivity index (χ1v) is 7.81. The molecule has 0 saturated carbocycles. The van der Waals surface area contributed by atoms with Crippen molar-refractivity contribution in [3.63, 3.8) is 0 Å². The van der Waals surface area contributed by atoms with Crippen LogP contribution in [0.1, 0.15) is 38.5 Å². The van der Waals surface area contributed by atoms with E-state index < -0.39 is 0 Å². The SMILES string of the molecule is CN(C)C1CCCN(C(=O)CCC2CCCNC2)C1. The molecule has 0 aromatic carbocycles. The van der Waals surface area contributed by atoms with Gasteiger partial charge in [0.2, 0.25) is 5.91 Å². The summed E-state index contributed by atoms with van der Waals surface area (Å²) in [6, 6.07) is 0.550. The van der Waals surface area contributed by atoms with Crippen LogP contribution in [0.15, 0.2) is 0 Å². The first-order chi connectivity index (χ1) is 9.16.